The number of ether oxygens (including phenoxy) is 2. The van der Waals surface area contributed by atoms with Gasteiger partial charge in [-0.15, -0.1) is 0 Å². The van der Waals surface area contributed by atoms with E-state index in [1.807, 2.05) is 0 Å². The first-order valence-electron chi connectivity index (χ1n) is 11.6. The summed E-state index contributed by atoms with van der Waals surface area (Å²) in [4.78, 5) is 27.4. The van der Waals surface area contributed by atoms with E-state index < -0.39 is 6.04 Å². The second kappa shape index (κ2) is 12.2. The van der Waals surface area contributed by atoms with Crippen molar-refractivity contribution >= 4 is 11.8 Å². The zero-order valence-corrected chi connectivity index (χ0v) is 19.4. The summed E-state index contributed by atoms with van der Waals surface area (Å²) < 4.78 is 25.1. The van der Waals surface area contributed by atoms with Crippen molar-refractivity contribution in [3.8, 4) is 11.5 Å². The SMILES string of the molecule is COc1ccc(OCCCC(=O)N(Cc2ccccc2F)[C@H](C)C(=O)NC2CCCC2)cc1. The molecule has 0 aromatic heterocycles. The van der Waals surface area contributed by atoms with Crippen LogP contribution >= 0.6 is 0 Å². The van der Waals surface area contributed by atoms with Crippen LogP contribution < -0.4 is 14.8 Å². The lowest BCUT2D eigenvalue weighted by Gasteiger charge is -2.30. The fourth-order valence-corrected chi connectivity index (χ4v) is 4.01. The van der Waals surface area contributed by atoms with Crippen LogP contribution in [0.3, 0.4) is 0 Å². The number of rotatable bonds is 11. The van der Waals surface area contributed by atoms with Crippen molar-refractivity contribution in [2.45, 2.75) is 64.1 Å². The molecule has 1 aliphatic carbocycles. The quantitative estimate of drug-likeness (QED) is 0.507. The lowest BCUT2D eigenvalue weighted by atomic mass is 10.1. The van der Waals surface area contributed by atoms with Gasteiger partial charge in [0.05, 0.1) is 13.7 Å². The topological polar surface area (TPSA) is 67.9 Å². The number of nitrogens with one attached hydrogen (secondary N) is 1. The summed E-state index contributed by atoms with van der Waals surface area (Å²) >= 11 is 0. The van der Waals surface area contributed by atoms with Gasteiger partial charge in [0.2, 0.25) is 11.8 Å². The predicted octanol–water partition coefficient (Wildman–Crippen LogP) is 4.47. The van der Waals surface area contributed by atoms with E-state index in [0.717, 1.165) is 31.4 Å². The number of benzene rings is 2. The summed E-state index contributed by atoms with van der Waals surface area (Å²) in [5, 5.41) is 3.05. The molecule has 178 valence electrons. The van der Waals surface area contributed by atoms with Crippen molar-refractivity contribution in [3.63, 3.8) is 0 Å². The highest BCUT2D eigenvalue weighted by atomic mass is 19.1. The molecule has 1 aliphatic rings. The molecule has 0 radical (unpaired) electrons. The van der Waals surface area contributed by atoms with Gasteiger partial charge in [-0.1, -0.05) is 31.0 Å². The number of hydrogen-bond acceptors (Lipinski definition) is 4. The minimum Gasteiger partial charge on any atom is -0.497 e. The van der Waals surface area contributed by atoms with Gasteiger partial charge in [0, 0.05) is 24.6 Å². The van der Waals surface area contributed by atoms with Crippen molar-refractivity contribution in [2.24, 2.45) is 0 Å². The van der Waals surface area contributed by atoms with Crippen LogP contribution in [0.15, 0.2) is 48.5 Å². The number of carbonyl (C=O) groups is 2. The zero-order chi connectivity index (χ0) is 23.6. The van der Waals surface area contributed by atoms with Gasteiger partial charge in [-0.25, -0.2) is 4.39 Å². The van der Waals surface area contributed by atoms with Gasteiger partial charge >= 0.3 is 0 Å². The molecule has 1 atom stereocenters. The van der Waals surface area contributed by atoms with Gasteiger partial charge < -0.3 is 19.7 Å². The molecule has 6 nitrogen and oxygen atoms in total. The maximum absolute atomic E-state index is 14.3. The molecule has 2 aromatic carbocycles. The Labute approximate surface area is 195 Å². The van der Waals surface area contributed by atoms with Crippen LogP contribution in [0.1, 0.15) is 51.0 Å². The van der Waals surface area contributed by atoms with E-state index in [2.05, 4.69) is 5.32 Å². The van der Waals surface area contributed by atoms with Crippen LogP contribution in [-0.4, -0.2) is 42.5 Å². The summed E-state index contributed by atoms with van der Waals surface area (Å²) in [6, 6.07) is 13.0. The van der Waals surface area contributed by atoms with Gasteiger partial charge in [0.25, 0.3) is 0 Å². The molecule has 1 N–H and O–H groups in total. The Hall–Kier alpha value is -3.09. The molecule has 7 heteroatoms. The molecule has 0 heterocycles. The van der Waals surface area contributed by atoms with Crippen molar-refractivity contribution in [3.05, 3.63) is 59.9 Å². The Balaban J connectivity index is 1.59. The van der Waals surface area contributed by atoms with Crippen LogP contribution in [0.4, 0.5) is 4.39 Å². The Morgan fingerprint density at radius 2 is 1.76 bits per heavy atom. The molecule has 0 saturated heterocycles. The van der Waals surface area contributed by atoms with Gasteiger partial charge in [0.1, 0.15) is 23.4 Å². The molecule has 0 spiro atoms. The summed E-state index contributed by atoms with van der Waals surface area (Å²) in [5.74, 6) is 0.648. The number of amides is 2. The van der Waals surface area contributed by atoms with Crippen molar-refractivity contribution < 1.29 is 23.5 Å². The van der Waals surface area contributed by atoms with E-state index in [4.69, 9.17) is 9.47 Å². The molecule has 0 unspecified atom stereocenters. The van der Waals surface area contributed by atoms with Crippen LogP contribution in [0.5, 0.6) is 11.5 Å². The van der Waals surface area contributed by atoms with E-state index in [9.17, 15) is 14.0 Å². The van der Waals surface area contributed by atoms with Crippen molar-refractivity contribution in [2.75, 3.05) is 13.7 Å². The highest BCUT2D eigenvalue weighted by Crippen LogP contribution is 2.20. The molecule has 2 amide bonds. The van der Waals surface area contributed by atoms with E-state index in [1.165, 1.54) is 11.0 Å². The third-order valence-electron chi connectivity index (χ3n) is 6.03. The van der Waals surface area contributed by atoms with E-state index in [0.29, 0.717) is 24.3 Å². The highest BCUT2D eigenvalue weighted by molar-refractivity contribution is 5.87. The molecule has 0 bridgehead atoms. The average Bonchev–Trinajstić information content (AvgIpc) is 3.34. The Morgan fingerprint density at radius 3 is 2.42 bits per heavy atom. The number of nitrogens with zero attached hydrogens (tertiary/aromatic N) is 1. The summed E-state index contributed by atoms with van der Waals surface area (Å²) in [7, 11) is 1.60. The monoisotopic (exact) mass is 456 g/mol. The van der Waals surface area contributed by atoms with Gasteiger partial charge in [-0.2, -0.15) is 0 Å². The molecular weight excluding hydrogens is 423 g/mol. The van der Waals surface area contributed by atoms with Crippen molar-refractivity contribution in [1.29, 1.82) is 0 Å². The fraction of sp³-hybridized carbons (Fsp3) is 0.462. The minimum atomic E-state index is -0.694. The van der Waals surface area contributed by atoms with Gasteiger partial charge in [-0.05, 0) is 56.5 Å². The Kier molecular flexibility index (Phi) is 9.10. The van der Waals surface area contributed by atoms with Crippen molar-refractivity contribution in [1.82, 2.24) is 10.2 Å². The zero-order valence-electron chi connectivity index (χ0n) is 19.4. The standard InChI is InChI=1S/C26H33FN2O4/c1-19(26(31)28-21-9-4-5-10-21)29(18-20-8-3-6-11-24(20)27)25(30)12-7-17-33-23-15-13-22(32-2)14-16-23/h3,6,8,11,13-16,19,21H,4-5,7,9-10,12,17-18H2,1-2H3,(H,28,31)/t19-/m1/s1. The average molecular weight is 457 g/mol. The van der Waals surface area contributed by atoms with Crippen LogP contribution in [0, 0.1) is 5.82 Å². The molecule has 2 aromatic rings. The maximum atomic E-state index is 14.3. The lowest BCUT2D eigenvalue weighted by molar-refractivity contribution is -0.141. The lowest BCUT2D eigenvalue weighted by Crippen LogP contribution is -2.49. The second-order valence-corrected chi connectivity index (χ2v) is 8.41. The predicted molar refractivity (Wildman–Crippen MR) is 125 cm³/mol. The molecule has 1 fully saturated rings. The second-order valence-electron chi connectivity index (χ2n) is 8.41. The summed E-state index contributed by atoms with van der Waals surface area (Å²) in [6.45, 7) is 2.11. The molecule has 33 heavy (non-hydrogen) atoms. The first-order chi connectivity index (χ1) is 16.0. The molecular formula is C26H33FN2O4. The first-order valence-corrected chi connectivity index (χ1v) is 11.6. The third-order valence-corrected chi connectivity index (χ3v) is 6.03. The molecule has 0 aliphatic heterocycles. The smallest absolute Gasteiger partial charge is 0.242 e. The van der Waals surface area contributed by atoms with Gasteiger partial charge in [-0.3, -0.25) is 9.59 Å². The fourth-order valence-electron chi connectivity index (χ4n) is 4.01. The van der Waals surface area contributed by atoms with E-state index >= 15 is 0 Å². The summed E-state index contributed by atoms with van der Waals surface area (Å²) in [6.07, 6.45) is 4.81. The summed E-state index contributed by atoms with van der Waals surface area (Å²) in [5.41, 5.74) is 0.390. The maximum Gasteiger partial charge on any atom is 0.242 e. The third kappa shape index (κ3) is 7.20. The normalized spacial score (nSPS) is 14.5. The van der Waals surface area contributed by atoms with Gasteiger partial charge in [0.15, 0.2) is 0 Å². The number of hydrogen-bond donors (Lipinski definition) is 1. The van der Waals surface area contributed by atoms with Crippen LogP contribution in [0.25, 0.3) is 0 Å². The largest absolute Gasteiger partial charge is 0.497 e. The number of methoxy groups -OCH3 is 1. The number of carbonyl (C=O) groups excluding carboxylic acids is 2. The van der Waals surface area contributed by atoms with Crippen LogP contribution in [0.2, 0.25) is 0 Å². The molecule has 1 saturated carbocycles. The first kappa shape index (κ1) is 24.6. The number of halogens is 1. The van der Waals surface area contributed by atoms with Crippen LogP contribution in [-0.2, 0) is 16.1 Å². The minimum absolute atomic E-state index is 0.0457. The van der Waals surface area contributed by atoms with E-state index in [-0.39, 0.29) is 36.6 Å². The highest BCUT2D eigenvalue weighted by Gasteiger charge is 2.28. The Bertz CT molecular complexity index is 913. The molecule has 3 rings (SSSR count). The van der Waals surface area contributed by atoms with E-state index in [1.54, 1.807) is 56.5 Å². The Morgan fingerprint density at radius 1 is 1.09 bits per heavy atom.